The lowest BCUT2D eigenvalue weighted by Crippen LogP contribution is -2.54. The van der Waals surface area contributed by atoms with Crippen molar-refractivity contribution in [2.45, 2.75) is 18.6 Å². The molecule has 18 heavy (non-hydrogen) atoms. The van der Waals surface area contributed by atoms with Crippen molar-refractivity contribution in [2.24, 2.45) is 0 Å². The van der Waals surface area contributed by atoms with Gasteiger partial charge in [-0.3, -0.25) is 0 Å². The van der Waals surface area contributed by atoms with Gasteiger partial charge in [0, 0.05) is 39.1 Å². The number of urea groups is 1. The monoisotopic (exact) mass is 257 g/mol. The molecule has 0 radical (unpaired) electrons. The molecule has 2 aliphatic heterocycles. The number of likely N-dealkylation sites (N-methyl/N-ethyl adjacent to an activating group) is 1. The number of piperazine rings is 1. The van der Waals surface area contributed by atoms with Crippen LogP contribution < -0.4 is 0 Å². The number of hydrogen-bond acceptors (Lipinski definition) is 4. The second-order valence-electron chi connectivity index (χ2n) is 4.97. The van der Waals surface area contributed by atoms with Crippen LogP contribution in [0.5, 0.6) is 0 Å². The second kappa shape index (κ2) is 5.11. The highest BCUT2D eigenvalue weighted by atomic mass is 16.4. The molecule has 7 nitrogen and oxygen atoms in total. The van der Waals surface area contributed by atoms with Gasteiger partial charge >= 0.3 is 12.0 Å². The molecule has 0 aromatic rings. The lowest BCUT2D eigenvalue weighted by molar-refractivity contribution is -0.141. The number of aliphatic hydroxyl groups excluding tert-OH is 1. The summed E-state index contributed by atoms with van der Waals surface area (Å²) in [5.41, 5.74) is 0. The van der Waals surface area contributed by atoms with Gasteiger partial charge < -0.3 is 24.9 Å². The predicted octanol–water partition coefficient (Wildman–Crippen LogP) is -1.13. The largest absolute Gasteiger partial charge is 0.480 e. The van der Waals surface area contributed by atoms with Gasteiger partial charge in [-0.2, -0.15) is 0 Å². The maximum Gasteiger partial charge on any atom is 0.326 e. The highest BCUT2D eigenvalue weighted by Crippen LogP contribution is 2.20. The van der Waals surface area contributed by atoms with E-state index in [0.29, 0.717) is 13.1 Å². The summed E-state index contributed by atoms with van der Waals surface area (Å²) in [5.74, 6) is -1.05. The van der Waals surface area contributed by atoms with Crippen LogP contribution >= 0.6 is 0 Å². The molecule has 2 amide bonds. The number of aliphatic hydroxyl groups is 1. The van der Waals surface area contributed by atoms with Gasteiger partial charge in [0.1, 0.15) is 6.04 Å². The Kier molecular flexibility index (Phi) is 3.72. The Balaban J connectivity index is 2.01. The van der Waals surface area contributed by atoms with Crippen LogP contribution in [0.4, 0.5) is 4.79 Å². The summed E-state index contributed by atoms with van der Waals surface area (Å²) in [7, 11) is 1.99. The van der Waals surface area contributed by atoms with E-state index in [1.165, 1.54) is 4.90 Å². The van der Waals surface area contributed by atoms with E-state index >= 15 is 0 Å². The fourth-order valence-corrected chi connectivity index (χ4v) is 2.44. The van der Waals surface area contributed by atoms with Gasteiger partial charge in [-0.25, -0.2) is 9.59 Å². The highest BCUT2D eigenvalue weighted by molar-refractivity contribution is 5.83. The summed E-state index contributed by atoms with van der Waals surface area (Å²) < 4.78 is 0. The summed E-state index contributed by atoms with van der Waals surface area (Å²) in [6.07, 6.45) is -0.614. The second-order valence-corrected chi connectivity index (χ2v) is 4.97. The first kappa shape index (κ1) is 13.1. The number of likely N-dealkylation sites (tertiary alicyclic amines) is 1. The van der Waals surface area contributed by atoms with E-state index in [1.807, 2.05) is 7.05 Å². The smallest absolute Gasteiger partial charge is 0.326 e. The number of carboxylic acid groups (broad SMARTS) is 1. The third kappa shape index (κ3) is 2.56. The summed E-state index contributed by atoms with van der Waals surface area (Å²) in [5, 5.41) is 18.6. The third-order valence-electron chi connectivity index (χ3n) is 3.58. The number of aliphatic carboxylic acids is 1. The van der Waals surface area contributed by atoms with Gasteiger partial charge in [0.05, 0.1) is 6.10 Å². The van der Waals surface area contributed by atoms with Gasteiger partial charge in [-0.15, -0.1) is 0 Å². The minimum Gasteiger partial charge on any atom is -0.480 e. The Labute approximate surface area is 106 Å². The van der Waals surface area contributed by atoms with Crippen molar-refractivity contribution in [2.75, 3.05) is 39.8 Å². The first-order valence-electron chi connectivity index (χ1n) is 6.14. The van der Waals surface area contributed by atoms with Crippen LogP contribution in [0.2, 0.25) is 0 Å². The van der Waals surface area contributed by atoms with Gasteiger partial charge in [0.2, 0.25) is 0 Å². The standard InChI is InChI=1S/C11H19N3O4/c1-12-2-4-13(5-3-12)11(18)14-7-8(15)6-9(14)10(16)17/h8-9,15H,2-7H2,1H3,(H,16,17)/t8?,9-/m0/s1. The summed E-state index contributed by atoms with van der Waals surface area (Å²) in [4.78, 5) is 28.4. The van der Waals surface area contributed by atoms with E-state index in [2.05, 4.69) is 4.90 Å². The summed E-state index contributed by atoms with van der Waals surface area (Å²) in [6, 6.07) is -1.17. The first-order valence-corrected chi connectivity index (χ1v) is 6.14. The van der Waals surface area contributed by atoms with Gasteiger partial charge in [0.25, 0.3) is 0 Å². The summed E-state index contributed by atoms with van der Waals surface area (Å²) in [6.45, 7) is 2.91. The highest BCUT2D eigenvalue weighted by Gasteiger charge is 2.40. The maximum absolute atomic E-state index is 12.2. The van der Waals surface area contributed by atoms with Crippen LogP contribution in [0.25, 0.3) is 0 Å². The Morgan fingerprint density at radius 3 is 2.33 bits per heavy atom. The molecule has 0 aromatic carbocycles. The molecular formula is C11H19N3O4. The fraction of sp³-hybridized carbons (Fsp3) is 0.818. The number of nitrogens with zero attached hydrogens (tertiary/aromatic N) is 3. The van der Waals surface area contributed by atoms with Crippen molar-refractivity contribution in [1.82, 2.24) is 14.7 Å². The Hall–Kier alpha value is -1.34. The molecule has 2 aliphatic rings. The molecular weight excluding hydrogens is 238 g/mol. The van der Waals surface area contributed by atoms with Crippen molar-refractivity contribution in [3.05, 3.63) is 0 Å². The third-order valence-corrected chi connectivity index (χ3v) is 3.58. The first-order chi connectivity index (χ1) is 8.49. The van der Waals surface area contributed by atoms with E-state index in [9.17, 15) is 14.7 Å². The molecule has 2 saturated heterocycles. The molecule has 0 bridgehead atoms. The van der Waals surface area contributed by atoms with Gasteiger partial charge in [-0.1, -0.05) is 0 Å². The predicted molar refractivity (Wildman–Crippen MR) is 63.2 cm³/mol. The molecule has 2 fully saturated rings. The zero-order valence-corrected chi connectivity index (χ0v) is 10.4. The van der Waals surface area contributed by atoms with Gasteiger partial charge in [-0.05, 0) is 7.05 Å². The average molecular weight is 257 g/mol. The number of amides is 2. The lowest BCUT2D eigenvalue weighted by atomic mass is 10.2. The molecule has 7 heteroatoms. The normalized spacial score (nSPS) is 29.7. The molecule has 2 heterocycles. The van der Waals surface area contributed by atoms with Crippen LogP contribution in [0.3, 0.4) is 0 Å². The Bertz CT molecular complexity index is 341. The van der Waals surface area contributed by atoms with Crippen LogP contribution in [0.1, 0.15) is 6.42 Å². The SMILES string of the molecule is CN1CCN(C(=O)N2CC(O)C[C@H]2C(=O)O)CC1. The van der Waals surface area contributed by atoms with Gasteiger partial charge in [0.15, 0.2) is 0 Å². The zero-order chi connectivity index (χ0) is 13.3. The van der Waals surface area contributed by atoms with Crippen molar-refractivity contribution < 1.29 is 19.8 Å². The number of carboxylic acids is 1. The van der Waals surface area contributed by atoms with Crippen molar-refractivity contribution in [3.63, 3.8) is 0 Å². The minimum atomic E-state index is -1.05. The number of carbonyl (C=O) groups excluding carboxylic acids is 1. The van der Waals surface area contributed by atoms with Crippen LogP contribution in [-0.4, -0.2) is 88.8 Å². The fourth-order valence-electron chi connectivity index (χ4n) is 2.44. The molecule has 0 saturated carbocycles. The molecule has 1 unspecified atom stereocenters. The zero-order valence-electron chi connectivity index (χ0n) is 10.4. The minimum absolute atomic E-state index is 0.113. The topological polar surface area (TPSA) is 84.3 Å². The summed E-state index contributed by atoms with van der Waals surface area (Å²) >= 11 is 0. The quantitative estimate of drug-likeness (QED) is 0.621. The lowest BCUT2D eigenvalue weighted by Gasteiger charge is -2.35. The van der Waals surface area contributed by atoms with Crippen LogP contribution in [-0.2, 0) is 4.79 Å². The molecule has 0 aromatic heterocycles. The van der Waals surface area contributed by atoms with E-state index in [0.717, 1.165) is 13.1 Å². The van der Waals surface area contributed by atoms with Crippen molar-refractivity contribution >= 4 is 12.0 Å². The van der Waals surface area contributed by atoms with Crippen LogP contribution in [0, 0.1) is 0 Å². The molecule has 2 N–H and O–H groups in total. The molecule has 0 spiro atoms. The molecule has 2 rings (SSSR count). The number of carbonyl (C=O) groups is 2. The van der Waals surface area contributed by atoms with E-state index in [1.54, 1.807) is 4.90 Å². The maximum atomic E-state index is 12.2. The molecule has 0 aliphatic carbocycles. The Morgan fingerprint density at radius 2 is 1.78 bits per heavy atom. The number of rotatable bonds is 1. The van der Waals surface area contributed by atoms with Crippen molar-refractivity contribution in [3.8, 4) is 0 Å². The average Bonchev–Trinajstić information content (AvgIpc) is 2.71. The molecule has 102 valence electrons. The van der Waals surface area contributed by atoms with Crippen LogP contribution in [0.15, 0.2) is 0 Å². The van der Waals surface area contributed by atoms with E-state index in [-0.39, 0.29) is 19.0 Å². The van der Waals surface area contributed by atoms with Crippen molar-refractivity contribution in [1.29, 1.82) is 0 Å². The number of β-amino-alcohol motifs (C(OH)–C–C–N with tert-alkyl or cyclic N) is 1. The Morgan fingerprint density at radius 1 is 1.17 bits per heavy atom. The molecule has 2 atom stereocenters. The number of hydrogen-bond donors (Lipinski definition) is 2. The van der Waals surface area contributed by atoms with E-state index < -0.39 is 18.1 Å². The van der Waals surface area contributed by atoms with E-state index in [4.69, 9.17) is 5.11 Å².